The molecular formula is C12H13N5O2S. The van der Waals surface area contributed by atoms with Crippen LogP contribution in [0.15, 0.2) is 22.8 Å². The number of carbonyl (C=O) groups is 1. The lowest BCUT2D eigenvalue weighted by Crippen LogP contribution is -2.22. The first-order valence-electron chi connectivity index (χ1n) is 6.18. The minimum Gasteiger partial charge on any atom is -0.467 e. The molecule has 0 saturated carbocycles. The van der Waals surface area contributed by atoms with Crippen LogP contribution in [0, 0.1) is 0 Å². The highest BCUT2D eigenvalue weighted by Gasteiger charge is 2.18. The second kappa shape index (κ2) is 5.04. The molecule has 0 spiro atoms. The highest BCUT2D eigenvalue weighted by Crippen LogP contribution is 2.18. The summed E-state index contributed by atoms with van der Waals surface area (Å²) >= 11 is 1.22. The highest BCUT2D eigenvalue weighted by molar-refractivity contribution is 7.18. The number of hydrogen-bond donors (Lipinski definition) is 1. The number of fused-ring (bicyclic) bond motifs is 1. The van der Waals surface area contributed by atoms with Crippen LogP contribution < -0.4 is 5.32 Å². The Hall–Kier alpha value is -2.22. The molecule has 8 heteroatoms. The minimum absolute atomic E-state index is 0.200. The third-order valence-corrected chi connectivity index (χ3v) is 3.63. The Morgan fingerprint density at radius 3 is 3.05 bits per heavy atom. The van der Waals surface area contributed by atoms with Gasteiger partial charge in [0, 0.05) is 5.92 Å². The fourth-order valence-electron chi connectivity index (χ4n) is 1.74. The second-order valence-corrected chi connectivity index (χ2v) is 5.53. The molecule has 0 saturated heterocycles. The summed E-state index contributed by atoms with van der Waals surface area (Å²) in [7, 11) is 0. The van der Waals surface area contributed by atoms with Gasteiger partial charge in [-0.05, 0) is 12.1 Å². The monoisotopic (exact) mass is 291 g/mol. The Balaban J connectivity index is 1.78. The number of nitrogens with one attached hydrogen (secondary N) is 1. The van der Waals surface area contributed by atoms with Crippen molar-refractivity contribution in [1.82, 2.24) is 25.1 Å². The molecule has 3 aromatic heterocycles. The molecule has 0 fully saturated rings. The molecule has 0 aliphatic heterocycles. The van der Waals surface area contributed by atoms with E-state index in [1.807, 2.05) is 13.8 Å². The molecule has 3 aromatic rings. The quantitative estimate of drug-likeness (QED) is 0.792. The molecule has 0 bridgehead atoms. The number of nitrogens with zero attached hydrogens (tertiary/aromatic N) is 4. The lowest BCUT2D eigenvalue weighted by atomic mass is 10.2. The fourth-order valence-corrected chi connectivity index (χ4v) is 2.50. The predicted molar refractivity (Wildman–Crippen MR) is 72.6 cm³/mol. The van der Waals surface area contributed by atoms with E-state index in [-0.39, 0.29) is 11.8 Å². The van der Waals surface area contributed by atoms with Gasteiger partial charge in [-0.3, -0.25) is 4.79 Å². The summed E-state index contributed by atoms with van der Waals surface area (Å²) in [5, 5.41) is 15.5. The molecule has 20 heavy (non-hydrogen) atoms. The van der Waals surface area contributed by atoms with E-state index in [2.05, 4.69) is 20.6 Å². The maximum Gasteiger partial charge on any atom is 0.282 e. The van der Waals surface area contributed by atoms with Crippen LogP contribution in [0.2, 0.25) is 0 Å². The molecule has 1 N–H and O–H groups in total. The summed E-state index contributed by atoms with van der Waals surface area (Å²) in [6.07, 6.45) is 1.57. The van der Waals surface area contributed by atoms with Crippen LogP contribution in [-0.4, -0.2) is 25.7 Å². The van der Waals surface area contributed by atoms with Crippen molar-refractivity contribution in [2.45, 2.75) is 26.3 Å². The first-order chi connectivity index (χ1) is 9.65. The number of rotatable bonds is 4. The molecule has 3 heterocycles. The molecule has 104 valence electrons. The van der Waals surface area contributed by atoms with Crippen molar-refractivity contribution >= 4 is 22.2 Å². The van der Waals surface area contributed by atoms with Gasteiger partial charge in [-0.1, -0.05) is 25.2 Å². The SMILES string of the molecule is CC(C)c1nnc2sc(C(=O)NCc3ccco3)nn12. The average Bonchev–Trinajstić information content (AvgIpc) is 3.11. The van der Waals surface area contributed by atoms with Crippen LogP contribution in [-0.2, 0) is 6.54 Å². The number of carbonyl (C=O) groups excluding carboxylic acids is 1. The third-order valence-electron chi connectivity index (χ3n) is 2.73. The van der Waals surface area contributed by atoms with Gasteiger partial charge >= 0.3 is 0 Å². The van der Waals surface area contributed by atoms with Crippen LogP contribution in [0.4, 0.5) is 0 Å². The molecule has 0 unspecified atom stereocenters. The van der Waals surface area contributed by atoms with Gasteiger partial charge in [0.05, 0.1) is 12.8 Å². The van der Waals surface area contributed by atoms with E-state index in [0.717, 1.165) is 5.82 Å². The summed E-state index contributed by atoms with van der Waals surface area (Å²) in [5.74, 6) is 1.41. The van der Waals surface area contributed by atoms with Crippen molar-refractivity contribution in [1.29, 1.82) is 0 Å². The van der Waals surface area contributed by atoms with Crippen LogP contribution in [0.25, 0.3) is 4.96 Å². The normalized spacial score (nSPS) is 11.3. The van der Waals surface area contributed by atoms with Crippen molar-refractivity contribution in [3.8, 4) is 0 Å². The molecule has 7 nitrogen and oxygen atoms in total. The van der Waals surface area contributed by atoms with E-state index >= 15 is 0 Å². The Morgan fingerprint density at radius 2 is 2.35 bits per heavy atom. The summed E-state index contributed by atoms with van der Waals surface area (Å²) < 4.78 is 6.78. The summed E-state index contributed by atoms with van der Waals surface area (Å²) in [5.41, 5.74) is 0. The topological polar surface area (TPSA) is 85.3 Å². The zero-order valence-corrected chi connectivity index (χ0v) is 11.8. The Labute approximate surface area is 118 Å². The van der Waals surface area contributed by atoms with Crippen molar-refractivity contribution in [3.05, 3.63) is 35.0 Å². The summed E-state index contributed by atoms with van der Waals surface area (Å²) in [6, 6.07) is 3.58. The van der Waals surface area contributed by atoms with E-state index in [0.29, 0.717) is 22.3 Å². The smallest absolute Gasteiger partial charge is 0.282 e. The molecule has 1 amide bonds. The fraction of sp³-hybridized carbons (Fsp3) is 0.333. The van der Waals surface area contributed by atoms with E-state index < -0.39 is 0 Å². The molecule has 0 aromatic carbocycles. The number of furan rings is 1. The summed E-state index contributed by atoms with van der Waals surface area (Å²) in [4.78, 5) is 12.6. The molecule has 3 rings (SSSR count). The molecule has 0 aliphatic rings. The predicted octanol–water partition coefficient (Wildman–Crippen LogP) is 1.83. The maximum absolute atomic E-state index is 12.0. The third kappa shape index (κ3) is 2.29. The van der Waals surface area contributed by atoms with Crippen LogP contribution >= 0.6 is 11.3 Å². The van der Waals surface area contributed by atoms with E-state index in [1.54, 1.807) is 22.9 Å². The van der Waals surface area contributed by atoms with E-state index in [1.165, 1.54) is 11.3 Å². The maximum atomic E-state index is 12.0. The lowest BCUT2D eigenvalue weighted by Gasteiger charge is -2.00. The van der Waals surface area contributed by atoms with Gasteiger partial charge in [-0.15, -0.1) is 15.3 Å². The molecule has 0 atom stereocenters. The van der Waals surface area contributed by atoms with Gasteiger partial charge in [0.2, 0.25) is 9.97 Å². The van der Waals surface area contributed by atoms with Crippen molar-refractivity contribution < 1.29 is 9.21 Å². The standard InChI is InChI=1S/C12H13N5O2S/c1-7(2)9-14-15-12-17(9)16-11(20-12)10(18)13-6-8-4-3-5-19-8/h3-5,7H,6H2,1-2H3,(H,13,18). The Morgan fingerprint density at radius 1 is 1.50 bits per heavy atom. The lowest BCUT2D eigenvalue weighted by molar-refractivity contribution is 0.0946. The number of aromatic nitrogens is 4. The minimum atomic E-state index is -0.244. The van der Waals surface area contributed by atoms with E-state index in [4.69, 9.17) is 4.42 Å². The van der Waals surface area contributed by atoms with Gasteiger partial charge in [0.15, 0.2) is 5.82 Å². The molecule has 0 radical (unpaired) electrons. The van der Waals surface area contributed by atoms with Gasteiger partial charge in [-0.25, -0.2) is 0 Å². The van der Waals surface area contributed by atoms with Gasteiger partial charge < -0.3 is 9.73 Å². The first-order valence-corrected chi connectivity index (χ1v) is 6.99. The number of amides is 1. The molecular weight excluding hydrogens is 278 g/mol. The molecule has 0 aliphatic carbocycles. The van der Waals surface area contributed by atoms with Gasteiger partial charge in [0.1, 0.15) is 5.76 Å². The van der Waals surface area contributed by atoms with E-state index in [9.17, 15) is 4.79 Å². The second-order valence-electron chi connectivity index (χ2n) is 4.58. The summed E-state index contributed by atoms with van der Waals surface area (Å²) in [6.45, 7) is 4.35. The van der Waals surface area contributed by atoms with Crippen molar-refractivity contribution in [2.24, 2.45) is 0 Å². The van der Waals surface area contributed by atoms with Crippen molar-refractivity contribution in [3.63, 3.8) is 0 Å². The van der Waals surface area contributed by atoms with Crippen LogP contribution in [0.5, 0.6) is 0 Å². The largest absolute Gasteiger partial charge is 0.467 e. The number of hydrogen-bond acceptors (Lipinski definition) is 6. The van der Waals surface area contributed by atoms with Gasteiger partial charge in [0.25, 0.3) is 5.91 Å². The zero-order chi connectivity index (χ0) is 14.1. The Kier molecular flexibility index (Phi) is 3.23. The van der Waals surface area contributed by atoms with Gasteiger partial charge in [-0.2, -0.15) is 4.52 Å². The first kappa shape index (κ1) is 12.8. The highest BCUT2D eigenvalue weighted by atomic mass is 32.1. The van der Waals surface area contributed by atoms with Crippen LogP contribution in [0.1, 0.15) is 41.2 Å². The zero-order valence-electron chi connectivity index (χ0n) is 11.0. The Bertz CT molecular complexity index is 728. The van der Waals surface area contributed by atoms with Crippen molar-refractivity contribution in [2.75, 3.05) is 0 Å². The average molecular weight is 291 g/mol. The van der Waals surface area contributed by atoms with Crippen LogP contribution in [0.3, 0.4) is 0 Å².